The number of pyridine rings is 1. The molecule has 106 valence electrons. The van der Waals surface area contributed by atoms with Gasteiger partial charge in [-0.2, -0.15) is 0 Å². The lowest BCUT2D eigenvalue weighted by molar-refractivity contribution is 0.453. The molecule has 2 rings (SSSR count). The van der Waals surface area contributed by atoms with Crippen LogP contribution >= 0.6 is 0 Å². The van der Waals surface area contributed by atoms with E-state index in [1.807, 2.05) is 36.4 Å². The van der Waals surface area contributed by atoms with Crippen molar-refractivity contribution >= 4 is 0 Å². The van der Waals surface area contributed by atoms with Crippen molar-refractivity contribution in [2.45, 2.75) is 39.8 Å². The van der Waals surface area contributed by atoms with Crippen LogP contribution in [0.5, 0.6) is 11.6 Å². The molecule has 0 amide bonds. The molecule has 0 atom stereocenters. The number of benzene rings is 1. The van der Waals surface area contributed by atoms with Gasteiger partial charge in [-0.25, -0.2) is 4.98 Å². The summed E-state index contributed by atoms with van der Waals surface area (Å²) in [4.78, 5) is 4.53. The normalized spacial score (nSPS) is 10.8. The molecule has 3 heteroatoms. The molecule has 0 saturated carbocycles. The van der Waals surface area contributed by atoms with Crippen molar-refractivity contribution in [3.8, 4) is 11.6 Å². The van der Waals surface area contributed by atoms with Crippen LogP contribution in [0.4, 0.5) is 0 Å². The van der Waals surface area contributed by atoms with Gasteiger partial charge in [-0.15, -0.1) is 0 Å². The smallest absolute Gasteiger partial charge is 0.219 e. The molecule has 0 aliphatic heterocycles. The highest BCUT2D eigenvalue weighted by atomic mass is 16.5. The number of hydrogen-bond acceptors (Lipinski definition) is 3. The first-order chi connectivity index (χ1) is 9.69. The number of para-hydroxylation sites is 1. The van der Waals surface area contributed by atoms with E-state index in [1.54, 1.807) is 0 Å². The molecule has 20 heavy (non-hydrogen) atoms. The Morgan fingerprint density at radius 2 is 1.90 bits per heavy atom. The Hall–Kier alpha value is -1.87. The molecule has 2 aromatic rings. The topological polar surface area (TPSA) is 34.1 Å². The van der Waals surface area contributed by atoms with Crippen LogP contribution in [0.15, 0.2) is 42.5 Å². The van der Waals surface area contributed by atoms with E-state index < -0.39 is 0 Å². The second-order valence-electron chi connectivity index (χ2n) is 5.07. The van der Waals surface area contributed by atoms with Crippen LogP contribution in [-0.2, 0) is 13.0 Å². The third kappa shape index (κ3) is 4.07. The summed E-state index contributed by atoms with van der Waals surface area (Å²) < 4.78 is 5.91. The van der Waals surface area contributed by atoms with E-state index in [4.69, 9.17) is 4.74 Å². The van der Waals surface area contributed by atoms with Crippen LogP contribution in [0.2, 0.25) is 0 Å². The highest BCUT2D eigenvalue weighted by Crippen LogP contribution is 2.24. The fraction of sp³-hybridized carbons (Fsp3) is 0.353. The number of ether oxygens (including phenoxy) is 1. The summed E-state index contributed by atoms with van der Waals surface area (Å²) in [6.45, 7) is 7.12. The zero-order chi connectivity index (χ0) is 14.4. The van der Waals surface area contributed by atoms with Gasteiger partial charge in [0.25, 0.3) is 0 Å². The first-order valence-corrected chi connectivity index (χ1v) is 7.14. The molecule has 0 spiro atoms. The number of rotatable bonds is 6. The standard InChI is InChI=1S/C17H22N2O/c1-4-14-8-5-6-10-16(14)20-17-11-7-9-15(19-17)12-18-13(2)3/h5-11,13,18H,4,12H2,1-3H3. The maximum absolute atomic E-state index is 5.91. The number of hydrogen-bond donors (Lipinski definition) is 1. The first kappa shape index (κ1) is 14.5. The zero-order valence-electron chi connectivity index (χ0n) is 12.4. The second-order valence-corrected chi connectivity index (χ2v) is 5.07. The minimum absolute atomic E-state index is 0.446. The fourth-order valence-corrected chi connectivity index (χ4v) is 1.93. The molecular formula is C17H22N2O. The third-order valence-corrected chi connectivity index (χ3v) is 3.04. The molecule has 0 saturated heterocycles. The third-order valence-electron chi connectivity index (χ3n) is 3.04. The average Bonchev–Trinajstić information content (AvgIpc) is 2.46. The molecule has 3 nitrogen and oxygen atoms in total. The Balaban J connectivity index is 2.11. The molecule has 0 unspecified atom stereocenters. The van der Waals surface area contributed by atoms with Gasteiger partial charge < -0.3 is 10.1 Å². The van der Waals surface area contributed by atoms with Crippen molar-refractivity contribution in [2.24, 2.45) is 0 Å². The van der Waals surface area contributed by atoms with E-state index in [1.165, 1.54) is 5.56 Å². The van der Waals surface area contributed by atoms with Crippen molar-refractivity contribution in [1.82, 2.24) is 10.3 Å². The molecule has 1 N–H and O–H groups in total. The molecule has 1 aromatic heterocycles. The van der Waals surface area contributed by atoms with Gasteiger partial charge in [0.2, 0.25) is 5.88 Å². The molecule has 0 aliphatic rings. The van der Waals surface area contributed by atoms with E-state index in [-0.39, 0.29) is 0 Å². The summed E-state index contributed by atoms with van der Waals surface area (Å²) in [5.74, 6) is 1.53. The Morgan fingerprint density at radius 1 is 1.10 bits per heavy atom. The lowest BCUT2D eigenvalue weighted by Crippen LogP contribution is -2.22. The minimum Gasteiger partial charge on any atom is -0.439 e. The Kier molecular flexibility index (Phi) is 5.13. The van der Waals surface area contributed by atoms with Crippen LogP contribution < -0.4 is 10.1 Å². The van der Waals surface area contributed by atoms with E-state index in [0.717, 1.165) is 24.4 Å². The van der Waals surface area contributed by atoms with Crippen LogP contribution in [0.25, 0.3) is 0 Å². The first-order valence-electron chi connectivity index (χ1n) is 7.14. The van der Waals surface area contributed by atoms with Crippen molar-refractivity contribution in [3.63, 3.8) is 0 Å². The van der Waals surface area contributed by atoms with Gasteiger partial charge in [0.1, 0.15) is 5.75 Å². The molecule has 0 radical (unpaired) electrons. The fourth-order valence-electron chi connectivity index (χ4n) is 1.93. The molecular weight excluding hydrogens is 248 g/mol. The van der Waals surface area contributed by atoms with Crippen LogP contribution in [0.1, 0.15) is 32.0 Å². The number of aryl methyl sites for hydroxylation is 1. The Labute approximate surface area is 121 Å². The van der Waals surface area contributed by atoms with Crippen molar-refractivity contribution in [3.05, 3.63) is 53.7 Å². The van der Waals surface area contributed by atoms with Gasteiger partial charge in [0.15, 0.2) is 0 Å². The number of nitrogens with one attached hydrogen (secondary N) is 1. The lowest BCUT2D eigenvalue weighted by Gasteiger charge is -2.11. The predicted molar refractivity (Wildman–Crippen MR) is 82.1 cm³/mol. The SMILES string of the molecule is CCc1ccccc1Oc1cccc(CNC(C)C)n1. The van der Waals surface area contributed by atoms with Crippen LogP contribution in [0.3, 0.4) is 0 Å². The van der Waals surface area contributed by atoms with Gasteiger partial charge in [-0.1, -0.05) is 45.0 Å². The lowest BCUT2D eigenvalue weighted by atomic mass is 10.1. The Morgan fingerprint density at radius 3 is 2.65 bits per heavy atom. The predicted octanol–water partition coefficient (Wildman–Crippen LogP) is 3.93. The summed E-state index contributed by atoms with van der Waals surface area (Å²) in [7, 11) is 0. The summed E-state index contributed by atoms with van der Waals surface area (Å²) >= 11 is 0. The molecule has 0 aliphatic carbocycles. The summed E-state index contributed by atoms with van der Waals surface area (Å²) in [6, 6.07) is 14.4. The van der Waals surface area contributed by atoms with E-state index in [0.29, 0.717) is 11.9 Å². The second kappa shape index (κ2) is 7.06. The van der Waals surface area contributed by atoms with E-state index in [2.05, 4.69) is 37.1 Å². The molecule has 1 aromatic carbocycles. The zero-order valence-corrected chi connectivity index (χ0v) is 12.4. The van der Waals surface area contributed by atoms with Gasteiger partial charge in [0, 0.05) is 18.7 Å². The monoisotopic (exact) mass is 270 g/mol. The van der Waals surface area contributed by atoms with Gasteiger partial charge in [-0.3, -0.25) is 0 Å². The van der Waals surface area contributed by atoms with Crippen molar-refractivity contribution in [2.75, 3.05) is 0 Å². The maximum Gasteiger partial charge on any atom is 0.219 e. The number of nitrogens with zero attached hydrogens (tertiary/aromatic N) is 1. The van der Waals surface area contributed by atoms with E-state index >= 15 is 0 Å². The minimum atomic E-state index is 0.446. The average molecular weight is 270 g/mol. The highest BCUT2D eigenvalue weighted by molar-refractivity contribution is 5.36. The van der Waals surface area contributed by atoms with Crippen molar-refractivity contribution < 1.29 is 4.74 Å². The largest absolute Gasteiger partial charge is 0.439 e. The maximum atomic E-state index is 5.91. The quantitative estimate of drug-likeness (QED) is 0.863. The van der Waals surface area contributed by atoms with Gasteiger partial charge in [0.05, 0.1) is 5.69 Å². The van der Waals surface area contributed by atoms with Crippen LogP contribution in [-0.4, -0.2) is 11.0 Å². The summed E-state index contributed by atoms with van der Waals surface area (Å²) in [6.07, 6.45) is 0.949. The van der Waals surface area contributed by atoms with E-state index in [9.17, 15) is 0 Å². The van der Waals surface area contributed by atoms with Crippen LogP contribution in [0, 0.1) is 0 Å². The molecule has 1 heterocycles. The van der Waals surface area contributed by atoms with Gasteiger partial charge >= 0.3 is 0 Å². The Bertz CT molecular complexity index is 552. The van der Waals surface area contributed by atoms with Gasteiger partial charge in [-0.05, 0) is 24.1 Å². The summed E-state index contributed by atoms with van der Waals surface area (Å²) in [5.41, 5.74) is 2.19. The summed E-state index contributed by atoms with van der Waals surface area (Å²) in [5, 5.41) is 3.36. The highest BCUT2D eigenvalue weighted by Gasteiger charge is 2.04. The number of aromatic nitrogens is 1. The molecule has 0 fully saturated rings. The van der Waals surface area contributed by atoms with Crippen molar-refractivity contribution in [1.29, 1.82) is 0 Å². The molecule has 0 bridgehead atoms.